The number of primary amides is 1. The molecular formula is C7H11ClN4O2. The number of anilines is 1. The summed E-state index contributed by atoms with van der Waals surface area (Å²) in [6, 6.07) is 0.268. The first-order chi connectivity index (χ1) is 6.63. The topological polar surface area (TPSA) is 85.2 Å². The highest BCUT2D eigenvalue weighted by Crippen LogP contribution is 2.10. The lowest BCUT2D eigenvalue weighted by Crippen LogP contribution is -2.30. The Kier molecular flexibility index (Phi) is 3.70. The molecule has 0 atom stereocenters. The normalized spacial score (nSPS) is 10.1. The smallest absolute Gasteiger partial charge is 0.318 e. The fourth-order valence-corrected chi connectivity index (χ4v) is 1.04. The number of carbonyl (C=O) groups is 1. The van der Waals surface area contributed by atoms with Gasteiger partial charge in [-0.05, 0) is 0 Å². The van der Waals surface area contributed by atoms with Gasteiger partial charge in [-0.25, -0.2) is 0 Å². The Morgan fingerprint density at radius 2 is 2.36 bits per heavy atom. The van der Waals surface area contributed by atoms with Crippen molar-refractivity contribution < 1.29 is 9.21 Å². The van der Waals surface area contributed by atoms with E-state index in [1.54, 1.807) is 7.05 Å². The van der Waals surface area contributed by atoms with Crippen LogP contribution < -0.4 is 10.6 Å². The molecule has 1 rings (SSSR count). The van der Waals surface area contributed by atoms with Gasteiger partial charge >= 0.3 is 6.01 Å². The van der Waals surface area contributed by atoms with Crippen LogP contribution in [0.2, 0.25) is 0 Å². The van der Waals surface area contributed by atoms with E-state index in [-0.39, 0.29) is 12.6 Å². The molecule has 7 heteroatoms. The Hall–Kier alpha value is -1.30. The molecule has 0 aromatic carbocycles. The number of rotatable bonds is 5. The lowest BCUT2D eigenvalue weighted by molar-refractivity contribution is -0.116. The SMILES string of the molecule is CN(CC(N)=O)c1nnc(CCCl)o1. The third kappa shape index (κ3) is 2.88. The van der Waals surface area contributed by atoms with Crippen LogP contribution in [0.1, 0.15) is 5.89 Å². The molecule has 0 unspecified atom stereocenters. The Morgan fingerprint density at radius 1 is 1.64 bits per heavy atom. The van der Waals surface area contributed by atoms with E-state index in [2.05, 4.69) is 10.2 Å². The highest BCUT2D eigenvalue weighted by molar-refractivity contribution is 6.17. The fourth-order valence-electron chi connectivity index (χ4n) is 0.882. The summed E-state index contributed by atoms with van der Waals surface area (Å²) >= 11 is 5.49. The second-order valence-corrected chi connectivity index (χ2v) is 3.12. The summed E-state index contributed by atoms with van der Waals surface area (Å²) in [7, 11) is 1.64. The number of likely N-dealkylation sites (N-methyl/N-ethyl adjacent to an activating group) is 1. The zero-order valence-corrected chi connectivity index (χ0v) is 8.49. The first-order valence-electron chi connectivity index (χ1n) is 4.01. The van der Waals surface area contributed by atoms with Crippen molar-refractivity contribution in [3.8, 4) is 0 Å². The molecule has 0 spiro atoms. The van der Waals surface area contributed by atoms with E-state index in [1.807, 2.05) is 0 Å². The lowest BCUT2D eigenvalue weighted by atomic mass is 10.5. The maximum atomic E-state index is 10.6. The van der Waals surface area contributed by atoms with Crippen molar-refractivity contribution in [2.45, 2.75) is 6.42 Å². The summed E-state index contributed by atoms with van der Waals surface area (Å²) in [6.45, 7) is 0.0442. The molecule has 1 heterocycles. The number of hydrogen-bond donors (Lipinski definition) is 1. The second-order valence-electron chi connectivity index (χ2n) is 2.74. The fraction of sp³-hybridized carbons (Fsp3) is 0.571. The molecule has 0 fully saturated rings. The van der Waals surface area contributed by atoms with Gasteiger partial charge < -0.3 is 15.1 Å². The summed E-state index contributed by atoms with van der Waals surface area (Å²) in [5, 5.41) is 7.47. The van der Waals surface area contributed by atoms with E-state index in [1.165, 1.54) is 4.90 Å². The Bertz CT molecular complexity index is 314. The zero-order valence-electron chi connectivity index (χ0n) is 7.73. The van der Waals surface area contributed by atoms with E-state index in [0.717, 1.165) is 0 Å². The summed E-state index contributed by atoms with van der Waals surface area (Å²) in [5.41, 5.74) is 5.00. The van der Waals surface area contributed by atoms with Crippen LogP contribution in [0.5, 0.6) is 0 Å². The molecule has 14 heavy (non-hydrogen) atoms. The first-order valence-corrected chi connectivity index (χ1v) is 4.54. The van der Waals surface area contributed by atoms with Gasteiger partial charge in [-0.15, -0.1) is 16.7 Å². The molecular weight excluding hydrogens is 208 g/mol. The summed E-state index contributed by atoms with van der Waals surface area (Å²) < 4.78 is 5.20. The minimum absolute atomic E-state index is 0.0442. The van der Waals surface area contributed by atoms with Crippen LogP contribution in [0.3, 0.4) is 0 Å². The van der Waals surface area contributed by atoms with Gasteiger partial charge in [0.15, 0.2) is 0 Å². The molecule has 0 radical (unpaired) electrons. The van der Waals surface area contributed by atoms with Crippen molar-refractivity contribution in [1.29, 1.82) is 0 Å². The first kappa shape index (κ1) is 10.8. The van der Waals surface area contributed by atoms with E-state index < -0.39 is 5.91 Å². The van der Waals surface area contributed by atoms with Gasteiger partial charge in [0.05, 0.1) is 0 Å². The van der Waals surface area contributed by atoms with Crippen LogP contribution in [0.25, 0.3) is 0 Å². The molecule has 1 aromatic rings. The average Bonchev–Trinajstić information content (AvgIpc) is 2.52. The second kappa shape index (κ2) is 4.80. The third-order valence-electron chi connectivity index (χ3n) is 1.48. The van der Waals surface area contributed by atoms with Crippen molar-refractivity contribution in [3.63, 3.8) is 0 Å². The minimum atomic E-state index is -0.454. The minimum Gasteiger partial charge on any atom is -0.408 e. The van der Waals surface area contributed by atoms with Gasteiger partial charge in [-0.2, -0.15) is 0 Å². The number of amides is 1. The van der Waals surface area contributed by atoms with Crippen LogP contribution in [0, 0.1) is 0 Å². The largest absolute Gasteiger partial charge is 0.408 e. The van der Waals surface area contributed by atoms with Gasteiger partial charge in [0, 0.05) is 19.3 Å². The van der Waals surface area contributed by atoms with E-state index >= 15 is 0 Å². The number of halogens is 1. The van der Waals surface area contributed by atoms with E-state index in [0.29, 0.717) is 18.2 Å². The molecule has 0 saturated carbocycles. The molecule has 0 saturated heterocycles. The quantitative estimate of drug-likeness (QED) is 0.691. The van der Waals surface area contributed by atoms with E-state index in [4.69, 9.17) is 21.8 Å². The Labute approximate surface area is 86.0 Å². The van der Waals surface area contributed by atoms with E-state index in [9.17, 15) is 4.79 Å². The molecule has 1 amide bonds. The van der Waals surface area contributed by atoms with Crippen molar-refractivity contribution in [3.05, 3.63) is 5.89 Å². The average molecular weight is 219 g/mol. The number of aromatic nitrogens is 2. The number of nitrogens with zero attached hydrogens (tertiary/aromatic N) is 3. The Balaban J connectivity index is 2.61. The van der Waals surface area contributed by atoms with Crippen LogP contribution >= 0.6 is 11.6 Å². The molecule has 1 aromatic heterocycles. The monoisotopic (exact) mass is 218 g/mol. The van der Waals surface area contributed by atoms with Gasteiger partial charge in [0.1, 0.15) is 6.54 Å². The summed E-state index contributed by atoms with van der Waals surface area (Å²) in [5.74, 6) is 0.414. The standard InChI is InChI=1S/C7H11ClN4O2/c1-12(4-5(9)13)7-11-10-6(14-7)2-3-8/h2-4H2,1H3,(H2,9,13). The van der Waals surface area contributed by atoms with Gasteiger partial charge in [0.25, 0.3) is 0 Å². The van der Waals surface area contributed by atoms with Crippen molar-refractivity contribution in [2.75, 3.05) is 24.4 Å². The molecule has 0 aliphatic rings. The number of alkyl halides is 1. The number of nitrogens with two attached hydrogens (primary N) is 1. The van der Waals surface area contributed by atoms with Gasteiger partial charge in [0.2, 0.25) is 11.8 Å². The van der Waals surface area contributed by atoms with Crippen molar-refractivity contribution >= 4 is 23.5 Å². The maximum absolute atomic E-state index is 10.6. The van der Waals surface area contributed by atoms with Crippen LogP contribution in [-0.4, -0.2) is 35.6 Å². The summed E-state index contributed by atoms with van der Waals surface area (Å²) in [4.78, 5) is 12.1. The van der Waals surface area contributed by atoms with Crippen LogP contribution in [0.4, 0.5) is 6.01 Å². The molecule has 2 N–H and O–H groups in total. The van der Waals surface area contributed by atoms with Gasteiger partial charge in [-0.1, -0.05) is 5.10 Å². The van der Waals surface area contributed by atoms with Crippen LogP contribution in [-0.2, 0) is 11.2 Å². The number of hydrogen-bond acceptors (Lipinski definition) is 5. The van der Waals surface area contributed by atoms with Crippen LogP contribution in [0.15, 0.2) is 4.42 Å². The lowest BCUT2D eigenvalue weighted by Gasteiger charge is -2.09. The molecule has 0 bridgehead atoms. The highest BCUT2D eigenvalue weighted by atomic mass is 35.5. The molecule has 0 aliphatic carbocycles. The Morgan fingerprint density at radius 3 is 2.93 bits per heavy atom. The predicted octanol–water partition coefficient (Wildman–Crippen LogP) is -0.228. The van der Waals surface area contributed by atoms with Crippen molar-refractivity contribution in [1.82, 2.24) is 10.2 Å². The predicted molar refractivity (Wildman–Crippen MR) is 51.2 cm³/mol. The zero-order chi connectivity index (χ0) is 10.6. The number of carbonyl (C=O) groups excluding carboxylic acids is 1. The summed E-state index contributed by atoms with van der Waals surface area (Å²) in [6.07, 6.45) is 0.513. The van der Waals surface area contributed by atoms with Crippen molar-refractivity contribution in [2.24, 2.45) is 5.73 Å². The van der Waals surface area contributed by atoms with Gasteiger partial charge in [-0.3, -0.25) is 4.79 Å². The highest BCUT2D eigenvalue weighted by Gasteiger charge is 2.11. The number of aryl methyl sites for hydroxylation is 1. The molecule has 6 nitrogen and oxygen atoms in total. The maximum Gasteiger partial charge on any atom is 0.318 e. The molecule has 0 aliphatic heterocycles. The third-order valence-corrected chi connectivity index (χ3v) is 1.67. The molecule has 78 valence electrons.